The molecule has 1 aromatic rings. The van der Waals surface area contributed by atoms with Crippen LogP contribution >= 0.6 is 0 Å². The summed E-state index contributed by atoms with van der Waals surface area (Å²) in [5, 5.41) is 19.3. The number of aliphatic hydroxyl groups excluding tert-OH is 2. The summed E-state index contributed by atoms with van der Waals surface area (Å²) in [6.07, 6.45) is 2.41. The van der Waals surface area contributed by atoms with Crippen molar-refractivity contribution in [1.82, 2.24) is 4.98 Å². The first kappa shape index (κ1) is 12.3. The molecule has 2 unspecified atom stereocenters. The molecule has 2 atom stereocenters. The van der Waals surface area contributed by atoms with Crippen molar-refractivity contribution in [3.05, 3.63) is 23.5 Å². The Morgan fingerprint density at radius 1 is 1.53 bits per heavy atom. The molecule has 0 radical (unpaired) electrons. The van der Waals surface area contributed by atoms with Crippen LogP contribution in [-0.2, 0) is 6.61 Å². The average molecular weight is 236 g/mol. The number of pyridine rings is 1. The molecule has 1 aliphatic rings. The number of hydrogen-bond donors (Lipinski definition) is 2. The van der Waals surface area contributed by atoms with E-state index in [1.54, 1.807) is 6.20 Å². The fourth-order valence-corrected chi connectivity index (χ4v) is 2.26. The molecule has 0 amide bonds. The Balaban J connectivity index is 2.24. The van der Waals surface area contributed by atoms with Gasteiger partial charge in [-0.25, -0.2) is 0 Å². The van der Waals surface area contributed by atoms with Crippen LogP contribution in [0.25, 0.3) is 0 Å². The van der Waals surface area contributed by atoms with Gasteiger partial charge in [0.1, 0.15) is 0 Å². The van der Waals surface area contributed by atoms with E-state index in [2.05, 4.69) is 16.8 Å². The fourth-order valence-electron chi connectivity index (χ4n) is 2.26. The van der Waals surface area contributed by atoms with E-state index in [4.69, 9.17) is 0 Å². The van der Waals surface area contributed by atoms with Crippen molar-refractivity contribution in [2.45, 2.75) is 33.0 Å². The van der Waals surface area contributed by atoms with Gasteiger partial charge in [-0.05, 0) is 25.3 Å². The Labute approximate surface area is 102 Å². The van der Waals surface area contributed by atoms with E-state index in [0.717, 1.165) is 29.9 Å². The maximum Gasteiger partial charge on any atom is 0.0741 e. The molecule has 94 valence electrons. The molecular weight excluding hydrogens is 216 g/mol. The van der Waals surface area contributed by atoms with E-state index >= 15 is 0 Å². The standard InChI is InChI=1S/C13H20N2O2/c1-9-3-4-15(7-13(9)17)12-5-10(2)14-6-11(12)8-16/h5-6,9,13,16-17H,3-4,7-8H2,1-2H3. The lowest BCUT2D eigenvalue weighted by molar-refractivity contribution is 0.102. The van der Waals surface area contributed by atoms with Gasteiger partial charge >= 0.3 is 0 Å². The van der Waals surface area contributed by atoms with Gasteiger partial charge in [0.15, 0.2) is 0 Å². The SMILES string of the molecule is Cc1cc(N2CCC(C)C(O)C2)c(CO)cn1. The largest absolute Gasteiger partial charge is 0.392 e. The van der Waals surface area contributed by atoms with E-state index in [0.29, 0.717) is 12.5 Å². The van der Waals surface area contributed by atoms with Crippen molar-refractivity contribution >= 4 is 5.69 Å². The molecule has 1 fully saturated rings. The molecule has 1 saturated heterocycles. The number of piperidine rings is 1. The summed E-state index contributed by atoms with van der Waals surface area (Å²) in [5.41, 5.74) is 2.77. The maximum absolute atomic E-state index is 9.92. The third kappa shape index (κ3) is 2.58. The lowest BCUT2D eigenvalue weighted by atomic mass is 9.95. The summed E-state index contributed by atoms with van der Waals surface area (Å²) in [7, 11) is 0. The zero-order valence-electron chi connectivity index (χ0n) is 10.4. The zero-order valence-corrected chi connectivity index (χ0v) is 10.4. The lowest BCUT2D eigenvalue weighted by Crippen LogP contribution is -2.43. The monoisotopic (exact) mass is 236 g/mol. The minimum absolute atomic E-state index is 0.00916. The number of anilines is 1. The number of hydrogen-bond acceptors (Lipinski definition) is 4. The first-order valence-corrected chi connectivity index (χ1v) is 6.11. The van der Waals surface area contributed by atoms with Crippen LogP contribution in [-0.4, -0.2) is 34.4 Å². The Morgan fingerprint density at radius 3 is 2.94 bits per heavy atom. The first-order valence-electron chi connectivity index (χ1n) is 6.11. The van der Waals surface area contributed by atoms with Crippen LogP contribution in [0.5, 0.6) is 0 Å². The van der Waals surface area contributed by atoms with Gasteiger partial charge in [-0.15, -0.1) is 0 Å². The van der Waals surface area contributed by atoms with Gasteiger partial charge in [0.2, 0.25) is 0 Å². The third-order valence-electron chi connectivity index (χ3n) is 3.53. The second-order valence-corrected chi connectivity index (χ2v) is 4.89. The maximum atomic E-state index is 9.92. The van der Waals surface area contributed by atoms with E-state index in [1.807, 2.05) is 13.0 Å². The Morgan fingerprint density at radius 2 is 2.29 bits per heavy atom. The van der Waals surface area contributed by atoms with Crippen LogP contribution in [0.15, 0.2) is 12.3 Å². The molecule has 2 heterocycles. The van der Waals surface area contributed by atoms with Crippen molar-refractivity contribution in [3.8, 4) is 0 Å². The van der Waals surface area contributed by atoms with Crippen LogP contribution in [0.1, 0.15) is 24.6 Å². The second-order valence-electron chi connectivity index (χ2n) is 4.89. The van der Waals surface area contributed by atoms with Gasteiger partial charge in [0.25, 0.3) is 0 Å². The van der Waals surface area contributed by atoms with Gasteiger partial charge in [0, 0.05) is 36.2 Å². The second kappa shape index (κ2) is 5.02. The fraction of sp³-hybridized carbons (Fsp3) is 0.615. The summed E-state index contributed by atoms with van der Waals surface area (Å²) in [6.45, 7) is 5.57. The number of rotatable bonds is 2. The first-order chi connectivity index (χ1) is 8.11. The molecule has 0 aromatic carbocycles. The summed E-state index contributed by atoms with van der Waals surface area (Å²) >= 11 is 0. The molecule has 1 aromatic heterocycles. The Kier molecular flexibility index (Phi) is 3.64. The highest BCUT2D eigenvalue weighted by Gasteiger charge is 2.25. The molecule has 0 aliphatic carbocycles. The molecule has 2 rings (SSSR count). The number of aromatic nitrogens is 1. The Bertz CT molecular complexity index is 395. The van der Waals surface area contributed by atoms with Crippen LogP contribution in [0.4, 0.5) is 5.69 Å². The number of β-amino-alcohol motifs (C(OH)–C–C–N with tert-alkyl or cyclic N) is 1. The van der Waals surface area contributed by atoms with Crippen molar-refractivity contribution in [2.24, 2.45) is 5.92 Å². The lowest BCUT2D eigenvalue weighted by Gasteiger charge is -2.36. The molecule has 1 aliphatic heterocycles. The smallest absolute Gasteiger partial charge is 0.0741 e. The summed E-state index contributed by atoms with van der Waals surface area (Å²) < 4.78 is 0. The minimum atomic E-state index is -0.288. The molecule has 2 N–H and O–H groups in total. The van der Waals surface area contributed by atoms with Gasteiger partial charge < -0.3 is 15.1 Å². The van der Waals surface area contributed by atoms with Gasteiger partial charge in [-0.3, -0.25) is 4.98 Å². The zero-order chi connectivity index (χ0) is 12.4. The van der Waals surface area contributed by atoms with Crippen LogP contribution in [0.2, 0.25) is 0 Å². The highest BCUT2D eigenvalue weighted by Crippen LogP contribution is 2.26. The normalized spacial score (nSPS) is 25.1. The quantitative estimate of drug-likeness (QED) is 0.807. The predicted molar refractivity (Wildman–Crippen MR) is 66.9 cm³/mol. The molecule has 4 heteroatoms. The summed E-state index contributed by atoms with van der Waals surface area (Å²) in [6, 6.07) is 1.98. The van der Waals surface area contributed by atoms with Crippen molar-refractivity contribution in [2.75, 3.05) is 18.0 Å². The molecular formula is C13H20N2O2. The summed E-state index contributed by atoms with van der Waals surface area (Å²) in [4.78, 5) is 6.33. The van der Waals surface area contributed by atoms with E-state index in [9.17, 15) is 10.2 Å². The highest BCUT2D eigenvalue weighted by molar-refractivity contribution is 5.53. The molecule has 0 saturated carbocycles. The third-order valence-corrected chi connectivity index (χ3v) is 3.53. The number of aryl methyl sites for hydroxylation is 1. The van der Waals surface area contributed by atoms with Gasteiger partial charge in [-0.2, -0.15) is 0 Å². The van der Waals surface area contributed by atoms with E-state index < -0.39 is 0 Å². The molecule has 4 nitrogen and oxygen atoms in total. The van der Waals surface area contributed by atoms with E-state index in [-0.39, 0.29) is 12.7 Å². The minimum Gasteiger partial charge on any atom is -0.392 e. The Hall–Kier alpha value is -1.13. The number of nitrogens with zero attached hydrogens (tertiary/aromatic N) is 2. The van der Waals surface area contributed by atoms with Gasteiger partial charge in [-0.1, -0.05) is 6.92 Å². The molecule has 17 heavy (non-hydrogen) atoms. The van der Waals surface area contributed by atoms with Crippen molar-refractivity contribution in [3.63, 3.8) is 0 Å². The van der Waals surface area contributed by atoms with E-state index in [1.165, 1.54) is 0 Å². The van der Waals surface area contributed by atoms with Crippen LogP contribution in [0, 0.1) is 12.8 Å². The van der Waals surface area contributed by atoms with Crippen LogP contribution in [0.3, 0.4) is 0 Å². The van der Waals surface area contributed by atoms with Crippen LogP contribution < -0.4 is 4.90 Å². The average Bonchev–Trinajstić information content (AvgIpc) is 2.32. The van der Waals surface area contributed by atoms with Gasteiger partial charge in [0.05, 0.1) is 12.7 Å². The highest BCUT2D eigenvalue weighted by atomic mass is 16.3. The van der Waals surface area contributed by atoms with Crippen molar-refractivity contribution in [1.29, 1.82) is 0 Å². The topological polar surface area (TPSA) is 56.6 Å². The van der Waals surface area contributed by atoms with Crippen molar-refractivity contribution < 1.29 is 10.2 Å². The predicted octanol–water partition coefficient (Wildman–Crippen LogP) is 1.09. The summed E-state index contributed by atoms with van der Waals surface area (Å²) in [5.74, 6) is 0.353. The molecule has 0 bridgehead atoms. The number of aliphatic hydroxyl groups is 2. The molecule has 0 spiro atoms.